The molecule has 2 N–H and O–H groups in total. The molecule has 5 nitrogen and oxygen atoms in total. The molecule has 0 aromatic heterocycles. The summed E-state index contributed by atoms with van der Waals surface area (Å²) < 4.78 is 0. The number of nitrogens with zero attached hydrogens (tertiary/aromatic N) is 1. The molecule has 0 saturated heterocycles. The van der Waals surface area contributed by atoms with Crippen molar-refractivity contribution in [3.05, 3.63) is 0 Å². The summed E-state index contributed by atoms with van der Waals surface area (Å²) in [5.74, 6) is -1.17. The maximum Gasteiger partial charge on any atom is 0.317 e. The van der Waals surface area contributed by atoms with Crippen molar-refractivity contribution in [3.63, 3.8) is 0 Å². The lowest BCUT2D eigenvalue weighted by molar-refractivity contribution is -0.143. The molecular formula is C13H23NO4. The number of carboxylic acid groups (broad SMARTS) is 2. The molecule has 5 heteroatoms. The Morgan fingerprint density at radius 2 is 1.56 bits per heavy atom. The van der Waals surface area contributed by atoms with Gasteiger partial charge in [0.1, 0.15) is 0 Å². The van der Waals surface area contributed by atoms with Gasteiger partial charge in [-0.25, -0.2) is 0 Å². The Morgan fingerprint density at radius 3 is 1.94 bits per heavy atom. The van der Waals surface area contributed by atoms with Crippen LogP contribution in [0, 0.1) is 5.92 Å². The Morgan fingerprint density at radius 1 is 1.06 bits per heavy atom. The van der Waals surface area contributed by atoms with E-state index in [4.69, 9.17) is 10.2 Å². The SMILES string of the molecule is CCCC1CCC(N(CC(=O)O)CC(=O)O)CC1. The van der Waals surface area contributed by atoms with Gasteiger partial charge in [0.15, 0.2) is 0 Å². The van der Waals surface area contributed by atoms with E-state index in [0.717, 1.165) is 31.6 Å². The molecule has 0 radical (unpaired) electrons. The van der Waals surface area contributed by atoms with Crippen molar-refractivity contribution in [1.82, 2.24) is 4.90 Å². The Bertz CT molecular complexity index is 269. The number of rotatable bonds is 7. The smallest absolute Gasteiger partial charge is 0.317 e. The van der Waals surface area contributed by atoms with Crippen molar-refractivity contribution in [3.8, 4) is 0 Å². The van der Waals surface area contributed by atoms with Gasteiger partial charge in [-0.3, -0.25) is 14.5 Å². The Labute approximate surface area is 108 Å². The van der Waals surface area contributed by atoms with E-state index in [1.807, 2.05) is 0 Å². The van der Waals surface area contributed by atoms with Crippen LogP contribution in [0.3, 0.4) is 0 Å². The van der Waals surface area contributed by atoms with E-state index in [0.29, 0.717) is 0 Å². The summed E-state index contributed by atoms with van der Waals surface area (Å²) in [6.45, 7) is 1.83. The van der Waals surface area contributed by atoms with Crippen molar-refractivity contribution in [1.29, 1.82) is 0 Å². The van der Waals surface area contributed by atoms with E-state index in [1.165, 1.54) is 12.8 Å². The third kappa shape index (κ3) is 5.04. The van der Waals surface area contributed by atoms with Gasteiger partial charge in [0.05, 0.1) is 13.1 Å². The van der Waals surface area contributed by atoms with Crippen LogP contribution in [0.1, 0.15) is 45.4 Å². The molecule has 18 heavy (non-hydrogen) atoms. The molecule has 0 aromatic carbocycles. The highest BCUT2D eigenvalue weighted by Crippen LogP contribution is 2.30. The molecule has 1 fully saturated rings. The average molecular weight is 257 g/mol. The van der Waals surface area contributed by atoms with Crippen molar-refractivity contribution >= 4 is 11.9 Å². The summed E-state index contributed by atoms with van der Waals surface area (Å²) in [5, 5.41) is 17.7. The van der Waals surface area contributed by atoms with Crippen molar-refractivity contribution < 1.29 is 19.8 Å². The van der Waals surface area contributed by atoms with Gasteiger partial charge in [-0.05, 0) is 31.6 Å². The number of aliphatic carboxylic acids is 2. The van der Waals surface area contributed by atoms with Crippen LogP contribution in [0.5, 0.6) is 0 Å². The van der Waals surface area contributed by atoms with Gasteiger partial charge in [0.2, 0.25) is 0 Å². The van der Waals surface area contributed by atoms with Gasteiger partial charge < -0.3 is 10.2 Å². The van der Waals surface area contributed by atoms with E-state index in [-0.39, 0.29) is 19.1 Å². The van der Waals surface area contributed by atoms with Gasteiger partial charge in [-0.2, -0.15) is 0 Å². The van der Waals surface area contributed by atoms with Crippen molar-refractivity contribution in [2.45, 2.75) is 51.5 Å². The van der Waals surface area contributed by atoms with E-state index in [9.17, 15) is 9.59 Å². The quantitative estimate of drug-likeness (QED) is 0.727. The molecule has 1 saturated carbocycles. The fourth-order valence-corrected chi connectivity index (χ4v) is 2.87. The van der Waals surface area contributed by atoms with Gasteiger partial charge >= 0.3 is 11.9 Å². The summed E-state index contributed by atoms with van der Waals surface area (Å²) in [5.41, 5.74) is 0. The van der Waals surface area contributed by atoms with E-state index in [1.54, 1.807) is 4.90 Å². The topological polar surface area (TPSA) is 77.8 Å². The summed E-state index contributed by atoms with van der Waals surface area (Å²) in [4.78, 5) is 23.1. The van der Waals surface area contributed by atoms with E-state index >= 15 is 0 Å². The minimum absolute atomic E-state index is 0.116. The zero-order valence-corrected chi connectivity index (χ0v) is 11.0. The summed E-state index contributed by atoms with van der Waals surface area (Å²) in [6.07, 6.45) is 6.44. The monoisotopic (exact) mass is 257 g/mol. The fraction of sp³-hybridized carbons (Fsp3) is 0.846. The lowest BCUT2D eigenvalue weighted by atomic mass is 9.83. The minimum atomic E-state index is -0.952. The number of hydrogen-bond acceptors (Lipinski definition) is 3. The molecule has 0 amide bonds. The summed E-state index contributed by atoms with van der Waals surface area (Å²) >= 11 is 0. The standard InChI is InChI=1S/C13H23NO4/c1-2-3-10-4-6-11(7-5-10)14(8-12(15)16)9-13(17)18/h10-11H,2-9H2,1H3,(H,15,16)(H,17,18). The Balaban J connectivity index is 2.48. The Hall–Kier alpha value is -1.10. The van der Waals surface area contributed by atoms with Gasteiger partial charge in [-0.1, -0.05) is 19.8 Å². The second-order valence-electron chi connectivity index (χ2n) is 5.16. The zero-order chi connectivity index (χ0) is 13.5. The molecule has 104 valence electrons. The van der Waals surface area contributed by atoms with Crippen LogP contribution in [0.2, 0.25) is 0 Å². The first kappa shape index (κ1) is 15.0. The molecule has 1 aliphatic carbocycles. The summed E-state index contributed by atoms with van der Waals surface area (Å²) in [6, 6.07) is 0.116. The molecule has 0 heterocycles. The lowest BCUT2D eigenvalue weighted by Gasteiger charge is -2.35. The van der Waals surface area contributed by atoms with Gasteiger partial charge in [0, 0.05) is 6.04 Å². The molecule has 0 unspecified atom stereocenters. The molecule has 1 rings (SSSR count). The molecule has 1 aliphatic rings. The van der Waals surface area contributed by atoms with Crippen LogP contribution in [0.4, 0.5) is 0 Å². The number of carboxylic acids is 2. The largest absolute Gasteiger partial charge is 0.480 e. The van der Waals surface area contributed by atoms with Gasteiger partial charge in [-0.15, -0.1) is 0 Å². The average Bonchev–Trinajstić information content (AvgIpc) is 2.28. The first-order chi connectivity index (χ1) is 8.52. The third-order valence-electron chi connectivity index (χ3n) is 3.71. The van der Waals surface area contributed by atoms with Crippen LogP contribution < -0.4 is 0 Å². The molecular weight excluding hydrogens is 234 g/mol. The predicted octanol–water partition coefficient (Wildman–Crippen LogP) is 1.82. The van der Waals surface area contributed by atoms with Crippen LogP contribution in [0.25, 0.3) is 0 Å². The highest BCUT2D eigenvalue weighted by atomic mass is 16.4. The van der Waals surface area contributed by atoms with Crippen LogP contribution in [0.15, 0.2) is 0 Å². The molecule has 0 atom stereocenters. The van der Waals surface area contributed by atoms with Gasteiger partial charge in [0.25, 0.3) is 0 Å². The van der Waals surface area contributed by atoms with E-state index in [2.05, 4.69) is 6.92 Å². The molecule has 0 aromatic rings. The first-order valence-electron chi connectivity index (χ1n) is 6.70. The Kier molecular flexibility index (Phi) is 6.12. The fourth-order valence-electron chi connectivity index (χ4n) is 2.87. The molecule has 0 spiro atoms. The summed E-state index contributed by atoms with van der Waals surface area (Å²) in [7, 11) is 0. The highest BCUT2D eigenvalue weighted by molar-refractivity contribution is 5.72. The molecule has 0 aliphatic heterocycles. The third-order valence-corrected chi connectivity index (χ3v) is 3.71. The van der Waals surface area contributed by atoms with E-state index < -0.39 is 11.9 Å². The second kappa shape index (κ2) is 7.36. The van der Waals surface area contributed by atoms with Crippen molar-refractivity contribution in [2.75, 3.05) is 13.1 Å². The maximum atomic E-state index is 10.8. The second-order valence-corrected chi connectivity index (χ2v) is 5.16. The highest BCUT2D eigenvalue weighted by Gasteiger charge is 2.27. The number of hydrogen-bond donors (Lipinski definition) is 2. The predicted molar refractivity (Wildman–Crippen MR) is 67.5 cm³/mol. The van der Waals surface area contributed by atoms with Crippen LogP contribution in [-0.4, -0.2) is 46.2 Å². The number of carbonyl (C=O) groups is 2. The van der Waals surface area contributed by atoms with Crippen LogP contribution >= 0.6 is 0 Å². The lowest BCUT2D eigenvalue weighted by Crippen LogP contribution is -2.44. The zero-order valence-electron chi connectivity index (χ0n) is 11.0. The minimum Gasteiger partial charge on any atom is -0.480 e. The first-order valence-corrected chi connectivity index (χ1v) is 6.70. The normalized spacial score (nSPS) is 24.1. The van der Waals surface area contributed by atoms with Crippen LogP contribution in [-0.2, 0) is 9.59 Å². The molecule has 0 bridgehead atoms. The maximum absolute atomic E-state index is 10.8. The van der Waals surface area contributed by atoms with Crippen molar-refractivity contribution in [2.24, 2.45) is 5.92 Å².